The zero-order chi connectivity index (χ0) is 19.3. The SMILES string of the molecule is Cc1cc(C)c(C)c(SCC(=O)N(CCC#N)c2ccc(F)cc2)c1C. The predicted molar refractivity (Wildman–Crippen MR) is 105 cm³/mol. The van der Waals surface area contributed by atoms with Crippen LogP contribution in [0.2, 0.25) is 0 Å². The molecule has 0 aliphatic rings. The van der Waals surface area contributed by atoms with Gasteiger partial charge in [0.05, 0.1) is 18.2 Å². The van der Waals surface area contributed by atoms with E-state index in [-0.39, 0.29) is 23.9 Å². The fraction of sp³-hybridized carbons (Fsp3) is 0.333. The van der Waals surface area contributed by atoms with E-state index in [1.165, 1.54) is 46.1 Å². The molecule has 0 saturated carbocycles. The monoisotopic (exact) mass is 370 g/mol. The molecule has 0 heterocycles. The Labute approximate surface area is 158 Å². The molecule has 0 aliphatic heterocycles. The molecule has 0 aliphatic carbocycles. The number of amides is 1. The van der Waals surface area contributed by atoms with Gasteiger partial charge in [-0.15, -0.1) is 11.8 Å². The fourth-order valence-corrected chi connectivity index (χ4v) is 3.97. The third-order valence-corrected chi connectivity index (χ3v) is 5.82. The highest BCUT2D eigenvalue weighted by molar-refractivity contribution is 8.00. The molecule has 5 heteroatoms. The standard InChI is InChI=1S/C21H23FN2OS/c1-14-12-15(2)17(4)21(16(14)3)26-13-20(25)24(11-5-10-23)19-8-6-18(22)7-9-19/h6-9,12H,5,11,13H2,1-4H3. The first-order valence-corrected chi connectivity index (χ1v) is 9.46. The van der Waals surface area contributed by atoms with Gasteiger partial charge in [-0.2, -0.15) is 5.26 Å². The molecule has 0 saturated heterocycles. The first-order valence-electron chi connectivity index (χ1n) is 8.48. The van der Waals surface area contributed by atoms with Crippen LogP contribution >= 0.6 is 11.8 Å². The van der Waals surface area contributed by atoms with Gasteiger partial charge in [0.15, 0.2) is 0 Å². The molecule has 0 aromatic heterocycles. The number of nitrogens with zero attached hydrogens (tertiary/aromatic N) is 2. The summed E-state index contributed by atoms with van der Waals surface area (Å²) in [6.07, 6.45) is 0.232. The number of hydrogen-bond acceptors (Lipinski definition) is 3. The maximum absolute atomic E-state index is 13.2. The summed E-state index contributed by atoms with van der Waals surface area (Å²) in [5.74, 6) is -0.167. The number of nitriles is 1. The molecule has 0 bridgehead atoms. The molecule has 1 amide bonds. The Kier molecular flexibility index (Phi) is 6.82. The highest BCUT2D eigenvalue weighted by Crippen LogP contribution is 2.31. The third kappa shape index (κ3) is 4.64. The number of anilines is 1. The minimum absolute atomic E-state index is 0.0881. The van der Waals surface area contributed by atoms with E-state index in [9.17, 15) is 9.18 Å². The zero-order valence-corrected chi connectivity index (χ0v) is 16.4. The van der Waals surface area contributed by atoms with Gasteiger partial charge in [0, 0.05) is 17.1 Å². The van der Waals surface area contributed by atoms with Crippen LogP contribution in [0.15, 0.2) is 35.2 Å². The summed E-state index contributed by atoms with van der Waals surface area (Å²) in [6.45, 7) is 8.59. The summed E-state index contributed by atoms with van der Waals surface area (Å²) in [5, 5.41) is 8.88. The van der Waals surface area contributed by atoms with E-state index in [0.29, 0.717) is 12.2 Å². The van der Waals surface area contributed by atoms with Crippen LogP contribution in [-0.4, -0.2) is 18.2 Å². The number of carbonyl (C=O) groups is 1. The maximum atomic E-state index is 13.2. The molecule has 2 aromatic rings. The second-order valence-electron chi connectivity index (χ2n) is 6.31. The molecule has 2 aromatic carbocycles. The first-order chi connectivity index (χ1) is 12.3. The maximum Gasteiger partial charge on any atom is 0.237 e. The molecular weight excluding hydrogens is 347 g/mol. The van der Waals surface area contributed by atoms with Gasteiger partial charge in [-0.1, -0.05) is 6.07 Å². The van der Waals surface area contributed by atoms with Gasteiger partial charge in [0.1, 0.15) is 5.82 Å². The second-order valence-corrected chi connectivity index (χ2v) is 7.29. The van der Waals surface area contributed by atoms with Crippen molar-refractivity contribution in [2.75, 3.05) is 17.2 Å². The molecule has 0 fully saturated rings. The summed E-state index contributed by atoms with van der Waals surface area (Å²) < 4.78 is 13.2. The van der Waals surface area contributed by atoms with E-state index in [4.69, 9.17) is 5.26 Å². The van der Waals surface area contributed by atoms with E-state index in [1.807, 2.05) is 0 Å². The summed E-state index contributed by atoms with van der Waals surface area (Å²) in [6, 6.07) is 10.0. The van der Waals surface area contributed by atoms with Crippen LogP contribution in [0.4, 0.5) is 10.1 Å². The lowest BCUT2D eigenvalue weighted by Crippen LogP contribution is -2.33. The third-order valence-electron chi connectivity index (χ3n) is 4.52. The summed E-state index contributed by atoms with van der Waals surface area (Å²) in [4.78, 5) is 15.5. The molecule has 0 spiro atoms. The molecular formula is C21H23FN2OS. The molecule has 0 atom stereocenters. The number of hydrogen-bond donors (Lipinski definition) is 0. The van der Waals surface area contributed by atoms with Crippen molar-refractivity contribution in [1.82, 2.24) is 0 Å². The van der Waals surface area contributed by atoms with Crippen LogP contribution < -0.4 is 4.90 Å². The minimum atomic E-state index is -0.350. The van der Waals surface area contributed by atoms with Crippen LogP contribution in [0, 0.1) is 44.8 Å². The lowest BCUT2D eigenvalue weighted by Gasteiger charge is -2.22. The van der Waals surface area contributed by atoms with Crippen molar-refractivity contribution < 1.29 is 9.18 Å². The van der Waals surface area contributed by atoms with Crippen molar-refractivity contribution in [1.29, 1.82) is 5.26 Å². The van der Waals surface area contributed by atoms with Gasteiger partial charge in [0.2, 0.25) is 5.91 Å². The average Bonchev–Trinajstić information content (AvgIpc) is 2.61. The molecule has 136 valence electrons. The Bertz CT molecular complexity index is 814. The average molecular weight is 370 g/mol. The molecule has 26 heavy (non-hydrogen) atoms. The number of benzene rings is 2. The number of rotatable bonds is 6. The first kappa shape index (κ1) is 20.0. The smallest absolute Gasteiger partial charge is 0.237 e. The largest absolute Gasteiger partial charge is 0.311 e. The molecule has 0 N–H and O–H groups in total. The Morgan fingerprint density at radius 1 is 1.12 bits per heavy atom. The summed E-state index contributed by atoms with van der Waals surface area (Å²) >= 11 is 1.52. The predicted octanol–water partition coefficient (Wildman–Crippen LogP) is 5.10. The number of carbonyl (C=O) groups excluding carboxylic acids is 1. The van der Waals surface area contributed by atoms with E-state index in [0.717, 1.165) is 4.90 Å². The fourth-order valence-electron chi connectivity index (χ4n) is 2.79. The Morgan fingerprint density at radius 3 is 2.23 bits per heavy atom. The minimum Gasteiger partial charge on any atom is -0.311 e. The highest BCUT2D eigenvalue weighted by atomic mass is 32.2. The van der Waals surface area contributed by atoms with Crippen molar-refractivity contribution in [2.24, 2.45) is 0 Å². The van der Waals surface area contributed by atoms with E-state index >= 15 is 0 Å². The molecule has 3 nitrogen and oxygen atoms in total. The Hall–Kier alpha value is -2.32. The zero-order valence-electron chi connectivity index (χ0n) is 15.6. The van der Waals surface area contributed by atoms with Crippen molar-refractivity contribution >= 4 is 23.4 Å². The van der Waals surface area contributed by atoms with Crippen molar-refractivity contribution in [2.45, 2.75) is 39.0 Å². The van der Waals surface area contributed by atoms with Gasteiger partial charge in [0.25, 0.3) is 0 Å². The number of aryl methyl sites for hydroxylation is 2. The van der Waals surface area contributed by atoms with Gasteiger partial charge in [-0.05, 0) is 74.2 Å². The Morgan fingerprint density at radius 2 is 1.69 bits per heavy atom. The van der Waals surface area contributed by atoms with Crippen LogP contribution in [0.25, 0.3) is 0 Å². The lowest BCUT2D eigenvalue weighted by atomic mass is 10.0. The van der Waals surface area contributed by atoms with E-state index < -0.39 is 0 Å². The second kappa shape index (κ2) is 8.86. The highest BCUT2D eigenvalue weighted by Gasteiger charge is 2.18. The topological polar surface area (TPSA) is 44.1 Å². The Balaban J connectivity index is 2.20. The van der Waals surface area contributed by atoms with Crippen LogP contribution in [-0.2, 0) is 4.79 Å². The van der Waals surface area contributed by atoms with E-state index in [1.54, 1.807) is 17.0 Å². The lowest BCUT2D eigenvalue weighted by molar-refractivity contribution is -0.116. The van der Waals surface area contributed by atoms with Gasteiger partial charge < -0.3 is 4.90 Å². The number of halogens is 1. The van der Waals surface area contributed by atoms with Crippen LogP contribution in [0.1, 0.15) is 28.7 Å². The van der Waals surface area contributed by atoms with Crippen molar-refractivity contribution in [3.05, 3.63) is 58.4 Å². The van der Waals surface area contributed by atoms with E-state index in [2.05, 4.69) is 39.8 Å². The van der Waals surface area contributed by atoms with Gasteiger partial charge in [-0.3, -0.25) is 4.79 Å². The molecule has 2 rings (SSSR count). The van der Waals surface area contributed by atoms with Crippen molar-refractivity contribution in [3.63, 3.8) is 0 Å². The van der Waals surface area contributed by atoms with Crippen LogP contribution in [0.5, 0.6) is 0 Å². The number of thioether (sulfide) groups is 1. The van der Waals surface area contributed by atoms with Gasteiger partial charge >= 0.3 is 0 Å². The quantitative estimate of drug-likeness (QED) is 0.665. The normalized spacial score (nSPS) is 10.5. The molecule has 0 unspecified atom stereocenters. The van der Waals surface area contributed by atoms with Gasteiger partial charge in [-0.25, -0.2) is 4.39 Å². The molecule has 0 radical (unpaired) electrons. The van der Waals surface area contributed by atoms with Crippen LogP contribution in [0.3, 0.4) is 0 Å². The van der Waals surface area contributed by atoms with Crippen molar-refractivity contribution in [3.8, 4) is 6.07 Å². The summed E-state index contributed by atoms with van der Waals surface area (Å²) in [7, 11) is 0. The summed E-state index contributed by atoms with van der Waals surface area (Å²) in [5.41, 5.74) is 5.42.